The van der Waals surface area contributed by atoms with Crippen LogP contribution in [0.2, 0.25) is 0 Å². The summed E-state index contributed by atoms with van der Waals surface area (Å²) in [5, 5.41) is 9.86. The topological polar surface area (TPSA) is 87.0 Å². The number of nitrogens with zero attached hydrogens (tertiary/aromatic N) is 1. The summed E-state index contributed by atoms with van der Waals surface area (Å²) in [6.07, 6.45) is 1.56. The molecule has 1 unspecified atom stereocenters. The van der Waals surface area contributed by atoms with Crippen LogP contribution in [-0.2, 0) is 34.1 Å². The summed E-state index contributed by atoms with van der Waals surface area (Å²) < 4.78 is 25.4. The minimum absolute atomic E-state index is 0.0456. The Labute approximate surface area is 177 Å². The molecule has 0 heterocycles. The molecule has 158 valence electrons. The van der Waals surface area contributed by atoms with E-state index in [1.165, 1.54) is 14.2 Å². The van der Waals surface area contributed by atoms with E-state index in [-0.39, 0.29) is 33.0 Å². The fourth-order valence-corrected chi connectivity index (χ4v) is 2.26. The normalized spacial score (nSPS) is 12.4. The Bertz CT molecular complexity index is 851. The molecule has 1 aromatic rings. The van der Waals surface area contributed by atoms with E-state index in [0.717, 1.165) is 0 Å². The molecule has 0 amide bonds. The first-order valence-electron chi connectivity index (χ1n) is 9.01. The fraction of sp³-hybridized carbons (Fsp3) is 0.391. The van der Waals surface area contributed by atoms with Crippen molar-refractivity contribution in [2.75, 3.05) is 47.9 Å². The fourth-order valence-electron chi connectivity index (χ4n) is 2.26. The molecule has 0 radical (unpaired) electrons. The van der Waals surface area contributed by atoms with E-state index in [0.29, 0.717) is 11.1 Å². The summed E-state index contributed by atoms with van der Waals surface area (Å²) in [6.45, 7) is 0.300. The lowest BCUT2D eigenvalue weighted by Gasteiger charge is -2.25. The molecule has 0 fully saturated rings. The molecule has 0 saturated carbocycles. The van der Waals surface area contributed by atoms with Gasteiger partial charge >= 0.3 is 5.97 Å². The molecule has 7 nitrogen and oxygen atoms in total. The number of esters is 1. The van der Waals surface area contributed by atoms with Crippen molar-refractivity contribution in [1.29, 1.82) is 5.26 Å². The molecule has 1 atom stereocenters. The lowest BCUT2D eigenvalue weighted by Crippen LogP contribution is -2.32. The largest absolute Gasteiger partial charge is 0.436 e. The predicted octanol–water partition coefficient (Wildman–Crippen LogP) is 2.19. The highest BCUT2D eigenvalue weighted by Crippen LogP contribution is 2.29. The van der Waals surface area contributed by atoms with Gasteiger partial charge in [-0.1, -0.05) is 54.0 Å². The zero-order valence-corrected chi connectivity index (χ0v) is 17.4. The van der Waals surface area contributed by atoms with Gasteiger partial charge in [-0.25, -0.2) is 4.79 Å². The Balaban J connectivity index is 3.13. The number of methoxy groups -OCH3 is 3. The molecular formula is C23H25NO6. The van der Waals surface area contributed by atoms with E-state index in [4.69, 9.17) is 23.7 Å². The van der Waals surface area contributed by atoms with Gasteiger partial charge in [0.1, 0.15) is 26.1 Å². The number of carbonyl (C=O) groups excluding carboxylic acids is 1. The van der Waals surface area contributed by atoms with Crippen LogP contribution in [0.15, 0.2) is 42.0 Å². The number of allylic oxidation sites excluding steroid dienone is 1. The van der Waals surface area contributed by atoms with Gasteiger partial charge in [-0.05, 0) is 0 Å². The molecule has 1 rings (SSSR count). The second-order valence-electron chi connectivity index (χ2n) is 5.87. The van der Waals surface area contributed by atoms with E-state index >= 15 is 0 Å². The van der Waals surface area contributed by atoms with Crippen molar-refractivity contribution < 1.29 is 28.5 Å². The third-order valence-electron chi connectivity index (χ3n) is 3.58. The average Bonchev–Trinajstić information content (AvgIpc) is 2.76. The molecule has 0 bridgehead atoms. The van der Waals surface area contributed by atoms with Gasteiger partial charge < -0.3 is 23.7 Å². The summed E-state index contributed by atoms with van der Waals surface area (Å²) in [6, 6.07) is 10.8. The highest BCUT2D eigenvalue weighted by molar-refractivity contribution is 5.72. The second-order valence-corrected chi connectivity index (χ2v) is 5.87. The third kappa shape index (κ3) is 8.92. The molecule has 0 aliphatic rings. The van der Waals surface area contributed by atoms with Crippen molar-refractivity contribution in [3.8, 4) is 29.8 Å². The van der Waals surface area contributed by atoms with Crippen LogP contribution in [0, 0.1) is 35.0 Å². The summed E-state index contributed by atoms with van der Waals surface area (Å²) in [5.74, 6) is 10.8. The van der Waals surface area contributed by atoms with Gasteiger partial charge in [0.05, 0.1) is 13.0 Å². The number of benzene rings is 1. The minimum atomic E-state index is -1.57. The van der Waals surface area contributed by atoms with Crippen molar-refractivity contribution in [2.24, 2.45) is 0 Å². The zero-order valence-electron chi connectivity index (χ0n) is 17.4. The summed E-state index contributed by atoms with van der Waals surface area (Å²) in [5.41, 5.74) is -0.463. The van der Waals surface area contributed by atoms with Crippen molar-refractivity contribution in [3.63, 3.8) is 0 Å². The average molecular weight is 411 g/mol. The summed E-state index contributed by atoms with van der Waals surface area (Å²) in [7, 11) is 4.44. The van der Waals surface area contributed by atoms with E-state index in [2.05, 4.69) is 29.8 Å². The smallest absolute Gasteiger partial charge is 0.333 e. The van der Waals surface area contributed by atoms with Crippen LogP contribution in [0.3, 0.4) is 0 Å². The highest BCUT2D eigenvalue weighted by Gasteiger charge is 2.36. The van der Waals surface area contributed by atoms with Gasteiger partial charge in [-0.15, -0.1) is 0 Å². The number of rotatable bonds is 10. The van der Waals surface area contributed by atoms with E-state index in [1.807, 2.05) is 0 Å². The molecule has 0 N–H and O–H groups in total. The van der Waals surface area contributed by atoms with Crippen LogP contribution in [0.25, 0.3) is 0 Å². The Morgan fingerprint density at radius 1 is 1.07 bits per heavy atom. The number of carbonyl (C=O) groups is 1. The van der Waals surface area contributed by atoms with Gasteiger partial charge in [0.15, 0.2) is 0 Å². The first-order chi connectivity index (χ1) is 14.6. The SMILES string of the molecule is COCC#C/C=C(\C#CCC(C#N)(OC(=O)COC)c1ccccc1)COCOC. The summed E-state index contributed by atoms with van der Waals surface area (Å²) >= 11 is 0. The minimum Gasteiger partial charge on any atom is -0.436 e. The van der Waals surface area contributed by atoms with E-state index < -0.39 is 11.6 Å². The standard InChI is InChI=1S/C23H25NO6/c1-26-15-8-7-10-20(16-29-19-28-3)11-9-14-23(18-24,30-22(25)17-27-2)21-12-5-4-6-13-21/h4-6,10,12-13H,14-17,19H2,1-3H3/b20-10+. The molecule has 0 saturated heterocycles. The lowest BCUT2D eigenvalue weighted by molar-refractivity contribution is -0.159. The Morgan fingerprint density at radius 3 is 2.47 bits per heavy atom. The van der Waals surface area contributed by atoms with E-state index in [9.17, 15) is 10.1 Å². The molecule has 1 aromatic carbocycles. The van der Waals surface area contributed by atoms with Crippen molar-refractivity contribution in [3.05, 3.63) is 47.5 Å². The van der Waals surface area contributed by atoms with Crippen LogP contribution < -0.4 is 0 Å². The van der Waals surface area contributed by atoms with Gasteiger partial charge in [-0.3, -0.25) is 0 Å². The third-order valence-corrected chi connectivity index (χ3v) is 3.58. The number of hydrogen-bond donors (Lipinski definition) is 0. The van der Waals surface area contributed by atoms with Crippen LogP contribution in [0.4, 0.5) is 0 Å². The molecule has 0 spiro atoms. The molecule has 7 heteroatoms. The van der Waals surface area contributed by atoms with Gasteiger partial charge in [-0.2, -0.15) is 5.26 Å². The Hall–Kier alpha value is -3.12. The Kier molecular flexibility index (Phi) is 12.3. The molecule has 0 aliphatic heterocycles. The zero-order chi connectivity index (χ0) is 22.1. The van der Waals surface area contributed by atoms with Crippen LogP contribution >= 0.6 is 0 Å². The van der Waals surface area contributed by atoms with Gasteiger partial charge in [0, 0.05) is 38.5 Å². The van der Waals surface area contributed by atoms with Crippen molar-refractivity contribution in [1.82, 2.24) is 0 Å². The maximum Gasteiger partial charge on any atom is 0.333 e. The van der Waals surface area contributed by atoms with Crippen LogP contribution in [0.5, 0.6) is 0 Å². The quantitative estimate of drug-likeness (QED) is 0.252. The molecular weight excluding hydrogens is 386 g/mol. The van der Waals surface area contributed by atoms with Crippen LogP contribution in [-0.4, -0.2) is 53.9 Å². The monoisotopic (exact) mass is 411 g/mol. The first-order valence-corrected chi connectivity index (χ1v) is 9.01. The van der Waals surface area contributed by atoms with Crippen molar-refractivity contribution in [2.45, 2.75) is 12.0 Å². The maximum atomic E-state index is 12.0. The lowest BCUT2D eigenvalue weighted by atomic mass is 9.91. The summed E-state index contributed by atoms with van der Waals surface area (Å²) in [4.78, 5) is 12.0. The Morgan fingerprint density at radius 2 is 1.83 bits per heavy atom. The van der Waals surface area contributed by atoms with E-state index in [1.54, 1.807) is 43.5 Å². The molecule has 30 heavy (non-hydrogen) atoms. The second kappa shape index (κ2) is 14.8. The molecule has 0 aliphatic carbocycles. The van der Waals surface area contributed by atoms with Crippen molar-refractivity contribution >= 4 is 5.97 Å². The number of hydrogen-bond acceptors (Lipinski definition) is 7. The number of ether oxygens (including phenoxy) is 5. The highest BCUT2D eigenvalue weighted by atomic mass is 16.7. The van der Waals surface area contributed by atoms with Gasteiger partial charge in [0.25, 0.3) is 0 Å². The van der Waals surface area contributed by atoms with Gasteiger partial charge in [0.2, 0.25) is 5.60 Å². The first kappa shape index (κ1) is 24.9. The number of nitriles is 1. The predicted molar refractivity (Wildman–Crippen MR) is 110 cm³/mol. The molecule has 0 aromatic heterocycles. The van der Waals surface area contributed by atoms with Crippen LogP contribution in [0.1, 0.15) is 12.0 Å². The maximum absolute atomic E-state index is 12.0.